The Morgan fingerprint density at radius 2 is 2.11 bits per heavy atom. The molecule has 1 aromatic heterocycles. The molecule has 2 aromatic rings. The Hall–Kier alpha value is -2.37. The zero-order valence-corrected chi connectivity index (χ0v) is 10.3. The van der Waals surface area contributed by atoms with Gasteiger partial charge in [0.25, 0.3) is 5.56 Å². The van der Waals surface area contributed by atoms with Crippen LogP contribution in [0, 0.1) is 12.7 Å². The molecule has 6 heteroatoms. The number of carboxylic acids is 1. The summed E-state index contributed by atoms with van der Waals surface area (Å²) in [6.07, 6.45) is -0.0108. The van der Waals surface area contributed by atoms with E-state index < -0.39 is 11.8 Å². The summed E-state index contributed by atoms with van der Waals surface area (Å²) in [4.78, 5) is 22.3. The molecule has 5 nitrogen and oxygen atoms in total. The fourth-order valence-electron chi connectivity index (χ4n) is 1.95. The van der Waals surface area contributed by atoms with Gasteiger partial charge in [0.05, 0.1) is 5.69 Å². The second kappa shape index (κ2) is 5.09. The third kappa shape index (κ3) is 2.57. The number of hydrogen-bond acceptors (Lipinski definition) is 2. The fourth-order valence-corrected chi connectivity index (χ4v) is 1.95. The summed E-state index contributed by atoms with van der Waals surface area (Å²) in [7, 11) is 0. The summed E-state index contributed by atoms with van der Waals surface area (Å²) >= 11 is 0. The molecule has 0 bridgehead atoms. The van der Waals surface area contributed by atoms with Gasteiger partial charge in [0.15, 0.2) is 0 Å². The fraction of sp³-hybridized carbons (Fsp3) is 0.231. The van der Waals surface area contributed by atoms with E-state index in [0.29, 0.717) is 11.3 Å². The molecule has 2 N–H and O–H groups in total. The number of nitrogens with one attached hydrogen (secondary N) is 1. The third-order valence-corrected chi connectivity index (χ3v) is 2.94. The van der Waals surface area contributed by atoms with Crippen molar-refractivity contribution in [2.24, 2.45) is 0 Å². The van der Waals surface area contributed by atoms with Crippen molar-refractivity contribution in [1.29, 1.82) is 0 Å². The van der Waals surface area contributed by atoms with Crippen molar-refractivity contribution in [3.8, 4) is 5.69 Å². The topological polar surface area (TPSA) is 75.1 Å². The monoisotopic (exact) mass is 264 g/mol. The van der Waals surface area contributed by atoms with E-state index in [1.54, 1.807) is 25.1 Å². The lowest BCUT2D eigenvalue weighted by Gasteiger charge is -2.06. The number of hydrogen-bond donors (Lipinski definition) is 2. The van der Waals surface area contributed by atoms with Crippen molar-refractivity contribution in [3.63, 3.8) is 0 Å². The van der Waals surface area contributed by atoms with E-state index in [1.165, 1.54) is 10.7 Å². The lowest BCUT2D eigenvalue weighted by Crippen LogP contribution is -2.09. The number of aromatic amines is 1. The van der Waals surface area contributed by atoms with E-state index in [1.807, 2.05) is 0 Å². The standard InChI is InChI=1S/C13H13FN2O3/c1-8-9(6-7-12(17)18)13(19)15-16(8)11-5-3-2-4-10(11)14/h2-5H,6-7H2,1H3,(H,15,19)(H,17,18). The van der Waals surface area contributed by atoms with E-state index in [2.05, 4.69) is 5.10 Å². The molecule has 19 heavy (non-hydrogen) atoms. The largest absolute Gasteiger partial charge is 0.481 e. The first-order valence-corrected chi connectivity index (χ1v) is 5.78. The Labute approximate surface area is 108 Å². The number of halogens is 1. The molecule has 0 atom stereocenters. The first kappa shape index (κ1) is 13.1. The van der Waals surface area contributed by atoms with Gasteiger partial charge >= 0.3 is 5.97 Å². The van der Waals surface area contributed by atoms with Gasteiger partial charge in [-0.15, -0.1) is 0 Å². The van der Waals surface area contributed by atoms with Crippen molar-refractivity contribution in [1.82, 2.24) is 9.78 Å². The van der Waals surface area contributed by atoms with Gasteiger partial charge in [-0.3, -0.25) is 19.4 Å². The Kier molecular flexibility index (Phi) is 3.50. The smallest absolute Gasteiger partial charge is 0.303 e. The zero-order valence-electron chi connectivity index (χ0n) is 10.3. The van der Waals surface area contributed by atoms with Crippen LogP contribution in [0.1, 0.15) is 17.7 Å². The Bertz CT molecular complexity index is 673. The Balaban J connectivity index is 2.45. The molecule has 1 heterocycles. The number of para-hydroxylation sites is 1. The number of carbonyl (C=O) groups is 1. The summed E-state index contributed by atoms with van der Waals surface area (Å²) in [5.74, 6) is -1.43. The van der Waals surface area contributed by atoms with Gasteiger partial charge in [0, 0.05) is 17.7 Å². The van der Waals surface area contributed by atoms with Crippen LogP contribution in [0.5, 0.6) is 0 Å². The number of nitrogens with zero attached hydrogens (tertiary/aromatic N) is 1. The maximum Gasteiger partial charge on any atom is 0.303 e. The minimum atomic E-state index is -0.975. The van der Waals surface area contributed by atoms with E-state index in [0.717, 1.165) is 0 Å². The molecule has 0 radical (unpaired) electrons. The van der Waals surface area contributed by atoms with Crippen molar-refractivity contribution < 1.29 is 14.3 Å². The third-order valence-electron chi connectivity index (χ3n) is 2.94. The molecular weight excluding hydrogens is 251 g/mol. The van der Waals surface area contributed by atoms with E-state index >= 15 is 0 Å². The van der Waals surface area contributed by atoms with Crippen LogP contribution in [-0.4, -0.2) is 20.9 Å². The number of carboxylic acid groups (broad SMARTS) is 1. The SMILES string of the molecule is Cc1c(CCC(=O)O)c(=O)[nH]n1-c1ccccc1F. The molecule has 0 unspecified atom stereocenters. The molecular formula is C13H13FN2O3. The van der Waals surface area contributed by atoms with Gasteiger partial charge in [0.2, 0.25) is 0 Å². The lowest BCUT2D eigenvalue weighted by molar-refractivity contribution is -0.136. The van der Waals surface area contributed by atoms with Crippen LogP contribution < -0.4 is 5.56 Å². The minimum Gasteiger partial charge on any atom is -0.481 e. The highest BCUT2D eigenvalue weighted by Crippen LogP contribution is 2.15. The summed E-state index contributed by atoms with van der Waals surface area (Å²) in [5.41, 5.74) is 0.739. The molecule has 0 amide bonds. The molecule has 100 valence electrons. The lowest BCUT2D eigenvalue weighted by atomic mass is 10.1. The minimum absolute atomic E-state index is 0.123. The molecule has 0 spiro atoms. The Morgan fingerprint density at radius 3 is 2.74 bits per heavy atom. The van der Waals surface area contributed by atoms with Crippen LogP contribution in [0.15, 0.2) is 29.1 Å². The summed E-state index contributed by atoms with van der Waals surface area (Å²) in [5, 5.41) is 11.2. The number of aliphatic carboxylic acids is 1. The summed E-state index contributed by atoms with van der Waals surface area (Å²) in [6.45, 7) is 1.65. The molecule has 0 aliphatic rings. The van der Waals surface area contributed by atoms with Gasteiger partial charge in [-0.05, 0) is 25.5 Å². The first-order chi connectivity index (χ1) is 9.00. The van der Waals surface area contributed by atoms with Gasteiger partial charge < -0.3 is 5.11 Å². The molecule has 1 aromatic carbocycles. The predicted molar refractivity (Wildman–Crippen MR) is 67.0 cm³/mol. The number of rotatable bonds is 4. The molecule has 0 fully saturated rings. The van der Waals surface area contributed by atoms with Crippen LogP contribution in [-0.2, 0) is 11.2 Å². The van der Waals surface area contributed by atoms with Crippen LogP contribution >= 0.6 is 0 Å². The van der Waals surface area contributed by atoms with Gasteiger partial charge in [-0.1, -0.05) is 12.1 Å². The molecule has 0 aliphatic carbocycles. The van der Waals surface area contributed by atoms with Crippen molar-refractivity contribution in [2.45, 2.75) is 19.8 Å². The van der Waals surface area contributed by atoms with E-state index in [9.17, 15) is 14.0 Å². The second-order valence-electron chi connectivity index (χ2n) is 4.19. The maximum absolute atomic E-state index is 13.7. The van der Waals surface area contributed by atoms with Crippen LogP contribution in [0.2, 0.25) is 0 Å². The number of benzene rings is 1. The quantitative estimate of drug-likeness (QED) is 0.881. The summed E-state index contributed by atoms with van der Waals surface area (Å²) in [6, 6.07) is 6.05. The average molecular weight is 264 g/mol. The number of aromatic nitrogens is 2. The van der Waals surface area contributed by atoms with Crippen LogP contribution in [0.3, 0.4) is 0 Å². The molecule has 2 rings (SSSR count). The maximum atomic E-state index is 13.7. The van der Waals surface area contributed by atoms with Crippen molar-refractivity contribution in [3.05, 3.63) is 51.7 Å². The second-order valence-corrected chi connectivity index (χ2v) is 4.19. The highest BCUT2D eigenvalue weighted by molar-refractivity contribution is 5.67. The van der Waals surface area contributed by atoms with Gasteiger partial charge in [0.1, 0.15) is 5.82 Å². The highest BCUT2D eigenvalue weighted by atomic mass is 19.1. The van der Waals surface area contributed by atoms with Gasteiger partial charge in [-0.2, -0.15) is 0 Å². The number of H-pyrrole nitrogens is 1. The van der Waals surface area contributed by atoms with Crippen molar-refractivity contribution >= 4 is 5.97 Å². The van der Waals surface area contributed by atoms with Crippen LogP contribution in [0.4, 0.5) is 4.39 Å². The molecule has 0 saturated carbocycles. The molecule has 0 saturated heterocycles. The highest BCUT2D eigenvalue weighted by Gasteiger charge is 2.15. The zero-order chi connectivity index (χ0) is 14.0. The average Bonchev–Trinajstić information content (AvgIpc) is 2.63. The van der Waals surface area contributed by atoms with Crippen LogP contribution in [0.25, 0.3) is 5.69 Å². The van der Waals surface area contributed by atoms with E-state index in [-0.39, 0.29) is 24.1 Å². The van der Waals surface area contributed by atoms with Crippen molar-refractivity contribution in [2.75, 3.05) is 0 Å². The predicted octanol–water partition coefficient (Wildman–Crippen LogP) is 1.63. The van der Waals surface area contributed by atoms with E-state index in [4.69, 9.17) is 5.11 Å². The first-order valence-electron chi connectivity index (χ1n) is 5.78. The Morgan fingerprint density at radius 1 is 1.42 bits per heavy atom. The summed E-state index contributed by atoms with van der Waals surface area (Å²) < 4.78 is 15.0. The van der Waals surface area contributed by atoms with Gasteiger partial charge in [-0.25, -0.2) is 4.39 Å². The molecule has 0 aliphatic heterocycles. The normalized spacial score (nSPS) is 10.6.